The van der Waals surface area contributed by atoms with E-state index in [9.17, 15) is 0 Å². The Labute approximate surface area is 105 Å². The minimum Gasteiger partial charge on any atom is -0.542 e. The number of nitrogens with two attached hydrogens (primary N) is 1. The van der Waals surface area contributed by atoms with Gasteiger partial charge in [0.15, 0.2) is 0 Å². The Kier molecular flexibility index (Phi) is 3.77. The molecule has 96 valence electrons. The van der Waals surface area contributed by atoms with Gasteiger partial charge in [-0.2, -0.15) is 0 Å². The molecule has 4 heteroatoms. The van der Waals surface area contributed by atoms with Crippen molar-refractivity contribution in [1.29, 1.82) is 0 Å². The zero-order valence-electron chi connectivity index (χ0n) is 11.7. The summed E-state index contributed by atoms with van der Waals surface area (Å²) < 4.78 is 6.27. The van der Waals surface area contributed by atoms with E-state index in [1.807, 2.05) is 25.2 Å². The van der Waals surface area contributed by atoms with Crippen LogP contribution in [-0.2, 0) is 0 Å². The van der Waals surface area contributed by atoms with Gasteiger partial charge in [0, 0.05) is 7.05 Å². The molecule has 1 rings (SSSR count). The number of nitrogen functional groups attached to an aromatic ring is 1. The van der Waals surface area contributed by atoms with Crippen molar-refractivity contribution in [1.82, 2.24) is 0 Å². The van der Waals surface area contributed by atoms with Gasteiger partial charge in [0.2, 0.25) is 0 Å². The fourth-order valence-electron chi connectivity index (χ4n) is 1.33. The minimum atomic E-state index is -1.81. The minimum absolute atomic E-state index is 0.183. The van der Waals surface area contributed by atoms with Crippen LogP contribution < -0.4 is 15.5 Å². The molecule has 3 N–H and O–H groups in total. The lowest BCUT2D eigenvalue weighted by Gasteiger charge is -2.37. The number of hydrogen-bond donors (Lipinski definition) is 2. The van der Waals surface area contributed by atoms with Gasteiger partial charge in [0.25, 0.3) is 8.32 Å². The molecule has 0 saturated carbocycles. The number of anilines is 2. The Bertz CT molecular complexity index is 397. The van der Waals surface area contributed by atoms with Crippen molar-refractivity contribution in [3.63, 3.8) is 0 Å². The number of hydrogen-bond acceptors (Lipinski definition) is 3. The van der Waals surface area contributed by atoms with Crippen molar-refractivity contribution in [2.75, 3.05) is 18.1 Å². The van der Waals surface area contributed by atoms with Crippen LogP contribution in [0.2, 0.25) is 18.1 Å². The fraction of sp³-hybridized carbons (Fsp3) is 0.538. The predicted molar refractivity (Wildman–Crippen MR) is 78.2 cm³/mol. The third-order valence-electron chi connectivity index (χ3n) is 3.48. The first-order chi connectivity index (χ1) is 7.69. The van der Waals surface area contributed by atoms with Crippen LogP contribution in [0.15, 0.2) is 18.2 Å². The summed E-state index contributed by atoms with van der Waals surface area (Å²) in [4.78, 5) is 0. The molecule has 0 atom stereocenters. The van der Waals surface area contributed by atoms with Gasteiger partial charge < -0.3 is 15.5 Å². The standard InChI is InChI=1S/C13H24N2OSi/c1-13(2,3)17(5,6)16-11-9-7-8-10(14)12(11)15-4/h7-9,15H,14H2,1-6H3. The normalized spacial score (nSPS) is 12.4. The Morgan fingerprint density at radius 2 is 1.82 bits per heavy atom. The van der Waals surface area contributed by atoms with E-state index in [2.05, 4.69) is 39.2 Å². The molecular formula is C13H24N2OSi. The molecule has 0 heterocycles. The molecule has 0 aromatic heterocycles. The zero-order chi connectivity index (χ0) is 13.3. The van der Waals surface area contributed by atoms with E-state index < -0.39 is 8.32 Å². The smallest absolute Gasteiger partial charge is 0.250 e. The van der Waals surface area contributed by atoms with E-state index >= 15 is 0 Å². The fourth-order valence-corrected chi connectivity index (χ4v) is 2.35. The first-order valence-electron chi connectivity index (χ1n) is 5.94. The molecule has 0 aliphatic carbocycles. The number of para-hydroxylation sites is 1. The first-order valence-corrected chi connectivity index (χ1v) is 8.85. The third kappa shape index (κ3) is 2.94. The second kappa shape index (κ2) is 4.60. The maximum Gasteiger partial charge on any atom is 0.250 e. The monoisotopic (exact) mass is 252 g/mol. The lowest BCUT2D eigenvalue weighted by Crippen LogP contribution is -2.44. The van der Waals surface area contributed by atoms with Crippen molar-refractivity contribution >= 4 is 19.7 Å². The maximum absolute atomic E-state index is 6.27. The van der Waals surface area contributed by atoms with E-state index in [1.54, 1.807) is 0 Å². The Morgan fingerprint density at radius 3 is 2.29 bits per heavy atom. The van der Waals surface area contributed by atoms with Crippen LogP contribution in [0.4, 0.5) is 11.4 Å². The van der Waals surface area contributed by atoms with Crippen LogP contribution in [-0.4, -0.2) is 15.4 Å². The van der Waals surface area contributed by atoms with E-state index in [-0.39, 0.29) is 5.04 Å². The maximum atomic E-state index is 6.27. The van der Waals surface area contributed by atoms with Gasteiger partial charge in [-0.15, -0.1) is 0 Å². The molecule has 0 aliphatic heterocycles. The third-order valence-corrected chi connectivity index (χ3v) is 7.82. The molecule has 0 bridgehead atoms. The molecule has 0 aliphatic rings. The highest BCUT2D eigenvalue weighted by molar-refractivity contribution is 6.74. The van der Waals surface area contributed by atoms with Crippen molar-refractivity contribution in [3.05, 3.63) is 18.2 Å². The highest BCUT2D eigenvalue weighted by Gasteiger charge is 2.39. The van der Waals surface area contributed by atoms with Gasteiger partial charge in [-0.1, -0.05) is 26.8 Å². The molecule has 1 aromatic carbocycles. The summed E-state index contributed by atoms with van der Waals surface area (Å²) in [5.74, 6) is 0.860. The van der Waals surface area contributed by atoms with E-state index in [4.69, 9.17) is 10.2 Å². The second-order valence-corrected chi connectivity index (χ2v) is 10.6. The molecule has 0 spiro atoms. The van der Waals surface area contributed by atoms with Gasteiger partial charge in [0.1, 0.15) is 5.75 Å². The first kappa shape index (κ1) is 13.9. The summed E-state index contributed by atoms with van der Waals surface area (Å²) in [6, 6.07) is 5.78. The quantitative estimate of drug-likeness (QED) is 0.637. The van der Waals surface area contributed by atoms with Gasteiger partial charge >= 0.3 is 0 Å². The SMILES string of the molecule is CNc1c(N)cccc1O[Si](C)(C)C(C)(C)C. The molecule has 1 aromatic rings. The van der Waals surface area contributed by atoms with Crippen molar-refractivity contribution in [2.24, 2.45) is 0 Å². The summed E-state index contributed by atoms with van der Waals surface area (Å²) in [6.07, 6.45) is 0. The number of benzene rings is 1. The Balaban J connectivity index is 3.08. The summed E-state index contributed by atoms with van der Waals surface area (Å²) in [5, 5.41) is 3.29. The molecule has 0 saturated heterocycles. The van der Waals surface area contributed by atoms with Crippen molar-refractivity contribution < 1.29 is 4.43 Å². The van der Waals surface area contributed by atoms with Crippen molar-refractivity contribution in [2.45, 2.75) is 38.9 Å². The second-order valence-electron chi connectivity index (χ2n) is 5.83. The molecular weight excluding hydrogens is 228 g/mol. The molecule has 0 radical (unpaired) electrons. The van der Waals surface area contributed by atoms with E-state index in [0.29, 0.717) is 0 Å². The van der Waals surface area contributed by atoms with Gasteiger partial charge in [0.05, 0.1) is 11.4 Å². The number of rotatable bonds is 3. The lowest BCUT2D eigenvalue weighted by atomic mass is 10.2. The highest BCUT2D eigenvalue weighted by atomic mass is 28.4. The molecule has 0 fully saturated rings. The number of nitrogens with one attached hydrogen (secondary N) is 1. The molecule has 3 nitrogen and oxygen atoms in total. The van der Waals surface area contributed by atoms with Gasteiger partial charge in [-0.3, -0.25) is 0 Å². The van der Waals surface area contributed by atoms with E-state index in [1.165, 1.54) is 0 Å². The van der Waals surface area contributed by atoms with Gasteiger partial charge in [-0.05, 0) is 30.3 Å². The van der Waals surface area contributed by atoms with Crippen LogP contribution in [0.5, 0.6) is 5.75 Å². The topological polar surface area (TPSA) is 47.3 Å². The molecule has 0 amide bonds. The van der Waals surface area contributed by atoms with Gasteiger partial charge in [-0.25, -0.2) is 0 Å². The molecule has 17 heavy (non-hydrogen) atoms. The summed E-state index contributed by atoms with van der Waals surface area (Å²) in [7, 11) is 0.0534. The van der Waals surface area contributed by atoms with E-state index in [0.717, 1.165) is 17.1 Å². The van der Waals surface area contributed by atoms with Crippen LogP contribution in [0.1, 0.15) is 20.8 Å². The Hall–Kier alpha value is -1.16. The van der Waals surface area contributed by atoms with Crippen LogP contribution in [0.3, 0.4) is 0 Å². The largest absolute Gasteiger partial charge is 0.542 e. The summed E-state index contributed by atoms with van der Waals surface area (Å²) in [5.41, 5.74) is 7.54. The van der Waals surface area contributed by atoms with Crippen LogP contribution >= 0.6 is 0 Å². The predicted octanol–water partition coefficient (Wildman–Crippen LogP) is 3.69. The Morgan fingerprint density at radius 1 is 1.24 bits per heavy atom. The summed E-state index contributed by atoms with van der Waals surface area (Å²) >= 11 is 0. The van der Waals surface area contributed by atoms with Crippen LogP contribution in [0.25, 0.3) is 0 Å². The summed E-state index contributed by atoms with van der Waals surface area (Å²) in [6.45, 7) is 11.1. The average molecular weight is 252 g/mol. The lowest BCUT2D eigenvalue weighted by molar-refractivity contribution is 0.494. The zero-order valence-corrected chi connectivity index (χ0v) is 12.7. The highest BCUT2D eigenvalue weighted by Crippen LogP contribution is 2.40. The van der Waals surface area contributed by atoms with Crippen molar-refractivity contribution in [3.8, 4) is 5.75 Å². The average Bonchev–Trinajstić information content (AvgIpc) is 2.15. The molecule has 0 unspecified atom stereocenters. The van der Waals surface area contributed by atoms with Crippen LogP contribution in [0, 0.1) is 0 Å².